The van der Waals surface area contributed by atoms with Crippen LogP contribution >= 0.6 is 8.03 Å². The van der Waals surface area contributed by atoms with Gasteiger partial charge in [0.05, 0.1) is 6.61 Å². The Hall–Kier alpha value is -1.03. The molecule has 3 heteroatoms. The molecule has 1 aromatic carbocycles. The molecule has 1 unspecified atom stereocenters. The Balaban J connectivity index is 2.46. The summed E-state index contributed by atoms with van der Waals surface area (Å²) in [4.78, 5) is 0. The van der Waals surface area contributed by atoms with Crippen molar-refractivity contribution in [3.8, 4) is 12.3 Å². The van der Waals surface area contributed by atoms with Crippen molar-refractivity contribution in [2.24, 2.45) is 0 Å². The summed E-state index contributed by atoms with van der Waals surface area (Å²) in [7, 11) is -2.09. The lowest BCUT2D eigenvalue weighted by molar-refractivity contribution is 0.344. The molecular formula is C10H11O2P. The minimum absolute atomic E-state index is 0.364. The molecule has 1 rings (SSSR count). The first-order valence-corrected chi connectivity index (χ1v) is 5.32. The molecule has 13 heavy (non-hydrogen) atoms. The third-order valence-electron chi connectivity index (χ3n) is 1.49. The van der Waals surface area contributed by atoms with Gasteiger partial charge in [-0.3, -0.25) is 4.57 Å². The van der Waals surface area contributed by atoms with Crippen molar-refractivity contribution in [2.75, 3.05) is 6.61 Å². The molecule has 0 bridgehead atoms. The Bertz CT molecular complexity index is 313. The smallest absolute Gasteiger partial charge is 0.220 e. The van der Waals surface area contributed by atoms with Crippen LogP contribution in [0.5, 0.6) is 0 Å². The summed E-state index contributed by atoms with van der Waals surface area (Å²) in [6.07, 6.45) is 5.54. The summed E-state index contributed by atoms with van der Waals surface area (Å²) in [6, 6.07) is 9.12. The predicted molar refractivity (Wildman–Crippen MR) is 54.5 cm³/mol. The summed E-state index contributed by atoms with van der Waals surface area (Å²) in [5.41, 5.74) is 0. The van der Waals surface area contributed by atoms with Gasteiger partial charge in [0, 0.05) is 11.7 Å². The molecule has 68 valence electrons. The van der Waals surface area contributed by atoms with Crippen LogP contribution in [0.15, 0.2) is 30.3 Å². The molecule has 0 saturated heterocycles. The SMILES string of the molecule is C#CCCO[PH](=O)c1ccccc1. The van der Waals surface area contributed by atoms with Crippen molar-refractivity contribution >= 4 is 13.3 Å². The van der Waals surface area contributed by atoms with Gasteiger partial charge in [-0.25, -0.2) is 0 Å². The van der Waals surface area contributed by atoms with E-state index in [2.05, 4.69) is 5.92 Å². The van der Waals surface area contributed by atoms with E-state index in [1.54, 1.807) is 12.1 Å². The molecule has 1 atom stereocenters. The van der Waals surface area contributed by atoms with Gasteiger partial charge in [0.15, 0.2) is 0 Å². The fourth-order valence-corrected chi connectivity index (χ4v) is 1.78. The molecule has 1 aromatic rings. The largest absolute Gasteiger partial charge is 0.326 e. The third-order valence-corrected chi connectivity index (χ3v) is 2.76. The Kier molecular flexibility index (Phi) is 4.32. The second kappa shape index (κ2) is 5.59. The van der Waals surface area contributed by atoms with E-state index in [1.807, 2.05) is 18.2 Å². The van der Waals surface area contributed by atoms with Gasteiger partial charge in [-0.1, -0.05) is 18.2 Å². The van der Waals surface area contributed by atoms with Gasteiger partial charge in [0.25, 0.3) is 0 Å². The van der Waals surface area contributed by atoms with Crippen LogP contribution in [0.1, 0.15) is 6.42 Å². The van der Waals surface area contributed by atoms with Crippen molar-refractivity contribution in [2.45, 2.75) is 6.42 Å². The highest BCUT2D eigenvalue weighted by Gasteiger charge is 2.00. The molecule has 2 nitrogen and oxygen atoms in total. The topological polar surface area (TPSA) is 26.3 Å². The Morgan fingerprint density at radius 1 is 1.38 bits per heavy atom. The molecule has 0 aliphatic carbocycles. The Morgan fingerprint density at radius 2 is 2.08 bits per heavy atom. The Labute approximate surface area is 78.8 Å². The first kappa shape index (κ1) is 10.1. The number of hydrogen-bond acceptors (Lipinski definition) is 2. The van der Waals surface area contributed by atoms with Crippen molar-refractivity contribution in [1.29, 1.82) is 0 Å². The lowest BCUT2D eigenvalue weighted by atomic mass is 10.4. The van der Waals surface area contributed by atoms with Crippen LogP contribution in [0.3, 0.4) is 0 Å². The fourth-order valence-electron chi connectivity index (χ4n) is 0.860. The van der Waals surface area contributed by atoms with Crippen LogP contribution in [0.4, 0.5) is 0 Å². The number of rotatable bonds is 4. The number of terminal acetylenes is 1. The zero-order chi connectivity index (χ0) is 9.52. The van der Waals surface area contributed by atoms with Gasteiger partial charge >= 0.3 is 0 Å². The van der Waals surface area contributed by atoms with Gasteiger partial charge in [0.1, 0.15) is 0 Å². The molecule has 0 spiro atoms. The summed E-state index contributed by atoms with van der Waals surface area (Å²) in [5.74, 6) is 2.43. The lowest BCUT2D eigenvalue weighted by Crippen LogP contribution is -1.97. The Morgan fingerprint density at radius 3 is 2.69 bits per heavy atom. The highest BCUT2D eigenvalue weighted by atomic mass is 31.1. The maximum absolute atomic E-state index is 11.4. The van der Waals surface area contributed by atoms with Crippen LogP contribution in [-0.4, -0.2) is 6.61 Å². The van der Waals surface area contributed by atoms with Gasteiger partial charge in [-0.05, 0) is 12.1 Å². The first-order valence-electron chi connectivity index (χ1n) is 4.00. The van der Waals surface area contributed by atoms with Crippen LogP contribution in [0, 0.1) is 12.3 Å². The summed E-state index contributed by atoms with van der Waals surface area (Å²) in [6.45, 7) is 0.364. The zero-order valence-corrected chi connectivity index (χ0v) is 8.19. The molecule has 0 amide bonds. The van der Waals surface area contributed by atoms with Crippen molar-refractivity contribution in [3.63, 3.8) is 0 Å². The highest BCUT2D eigenvalue weighted by molar-refractivity contribution is 7.48. The number of hydrogen-bond donors (Lipinski definition) is 0. The van der Waals surface area contributed by atoms with Gasteiger partial charge in [-0.2, -0.15) is 0 Å². The third kappa shape index (κ3) is 3.46. The molecule has 0 aliphatic rings. The molecule has 0 N–H and O–H groups in total. The predicted octanol–water partition coefficient (Wildman–Crippen LogP) is 1.83. The minimum atomic E-state index is -2.09. The highest BCUT2D eigenvalue weighted by Crippen LogP contribution is 2.20. The van der Waals surface area contributed by atoms with Gasteiger partial charge in [-0.15, -0.1) is 12.3 Å². The van der Waals surface area contributed by atoms with Crippen LogP contribution in [0.25, 0.3) is 0 Å². The van der Waals surface area contributed by atoms with Gasteiger partial charge in [0.2, 0.25) is 8.03 Å². The van der Waals surface area contributed by atoms with E-state index < -0.39 is 8.03 Å². The first-order chi connectivity index (χ1) is 6.34. The van der Waals surface area contributed by atoms with Crippen molar-refractivity contribution < 1.29 is 9.09 Å². The molecule has 0 fully saturated rings. The molecule has 0 radical (unpaired) electrons. The molecule has 0 saturated carbocycles. The van der Waals surface area contributed by atoms with Gasteiger partial charge < -0.3 is 4.52 Å². The van der Waals surface area contributed by atoms with E-state index in [4.69, 9.17) is 10.9 Å². The maximum Gasteiger partial charge on any atom is 0.220 e. The number of benzene rings is 1. The van der Waals surface area contributed by atoms with E-state index in [-0.39, 0.29) is 0 Å². The molecular weight excluding hydrogens is 183 g/mol. The molecule has 0 aliphatic heterocycles. The van der Waals surface area contributed by atoms with E-state index in [0.29, 0.717) is 13.0 Å². The van der Waals surface area contributed by atoms with Crippen LogP contribution in [-0.2, 0) is 9.09 Å². The molecule has 0 heterocycles. The summed E-state index contributed by atoms with van der Waals surface area (Å²) < 4.78 is 16.5. The maximum atomic E-state index is 11.4. The van der Waals surface area contributed by atoms with Crippen LogP contribution in [0.2, 0.25) is 0 Å². The zero-order valence-electron chi connectivity index (χ0n) is 7.19. The second-order valence-electron chi connectivity index (χ2n) is 2.46. The second-order valence-corrected chi connectivity index (χ2v) is 3.90. The average molecular weight is 194 g/mol. The normalized spacial score (nSPS) is 11.9. The standard InChI is InChI=1S/C10H11O2P/c1-2-3-9-12-13(11)10-7-5-4-6-8-10/h1,4-8,13H,3,9H2. The summed E-state index contributed by atoms with van der Waals surface area (Å²) >= 11 is 0. The monoisotopic (exact) mass is 194 g/mol. The average Bonchev–Trinajstić information content (AvgIpc) is 2.19. The fraction of sp³-hybridized carbons (Fsp3) is 0.200. The molecule has 0 aromatic heterocycles. The minimum Gasteiger partial charge on any atom is -0.326 e. The summed E-state index contributed by atoms with van der Waals surface area (Å²) in [5, 5.41) is 0.740. The van der Waals surface area contributed by atoms with E-state index >= 15 is 0 Å². The van der Waals surface area contributed by atoms with E-state index in [1.165, 1.54) is 0 Å². The van der Waals surface area contributed by atoms with E-state index in [0.717, 1.165) is 5.30 Å². The lowest BCUT2D eigenvalue weighted by Gasteiger charge is -2.01. The van der Waals surface area contributed by atoms with Crippen molar-refractivity contribution in [1.82, 2.24) is 0 Å². The van der Waals surface area contributed by atoms with Crippen molar-refractivity contribution in [3.05, 3.63) is 30.3 Å². The van der Waals surface area contributed by atoms with Crippen LogP contribution < -0.4 is 5.30 Å². The van der Waals surface area contributed by atoms with E-state index in [9.17, 15) is 4.57 Å². The quantitative estimate of drug-likeness (QED) is 0.415.